The minimum atomic E-state index is 0.201. The minimum absolute atomic E-state index is 0.201. The number of carbonyl (C=O) groups excluding carboxylic acids is 1. The van der Waals surface area contributed by atoms with E-state index < -0.39 is 0 Å². The first kappa shape index (κ1) is 8.02. The van der Waals surface area contributed by atoms with E-state index in [1.165, 1.54) is 0 Å². The number of carbonyl (C=O) groups is 1. The minimum Gasteiger partial charge on any atom is -0.287 e. The Kier molecular flexibility index (Phi) is 5.18. The highest BCUT2D eigenvalue weighted by atomic mass is 32.2. The van der Waals surface area contributed by atoms with Crippen LogP contribution in [0.3, 0.4) is 0 Å². The van der Waals surface area contributed by atoms with Crippen LogP contribution in [0.15, 0.2) is 0 Å². The van der Waals surface area contributed by atoms with Gasteiger partial charge in [0.05, 0.1) is 0 Å². The SMILES string of the molecule is [CH2]SC(=O)CCCC. The lowest BCUT2D eigenvalue weighted by atomic mass is 10.3. The van der Waals surface area contributed by atoms with Crippen molar-refractivity contribution in [2.75, 3.05) is 0 Å². The molecule has 0 unspecified atom stereocenters. The predicted molar refractivity (Wildman–Crippen MR) is 37.5 cm³/mol. The molecule has 47 valence electrons. The van der Waals surface area contributed by atoms with E-state index in [0.717, 1.165) is 24.6 Å². The van der Waals surface area contributed by atoms with Crippen molar-refractivity contribution in [1.29, 1.82) is 0 Å². The quantitative estimate of drug-likeness (QED) is 0.584. The zero-order valence-corrected chi connectivity index (χ0v) is 5.96. The summed E-state index contributed by atoms with van der Waals surface area (Å²) < 4.78 is 0. The smallest absolute Gasteiger partial charge is 0.188 e. The maximum absolute atomic E-state index is 10.5. The Hall–Kier alpha value is 0.0200. The molecule has 0 aliphatic carbocycles. The monoisotopic (exact) mass is 131 g/mol. The van der Waals surface area contributed by atoms with Crippen LogP contribution in [0, 0.1) is 6.26 Å². The average molecular weight is 131 g/mol. The van der Waals surface area contributed by atoms with Crippen LogP contribution in [0.1, 0.15) is 26.2 Å². The molecule has 0 saturated heterocycles. The van der Waals surface area contributed by atoms with Gasteiger partial charge in [0, 0.05) is 12.7 Å². The first-order valence-electron chi connectivity index (χ1n) is 2.76. The Labute approximate surface area is 54.8 Å². The van der Waals surface area contributed by atoms with Gasteiger partial charge in [-0.3, -0.25) is 4.79 Å². The van der Waals surface area contributed by atoms with E-state index in [9.17, 15) is 4.79 Å². The lowest BCUT2D eigenvalue weighted by molar-refractivity contribution is -0.111. The molecule has 0 rings (SSSR count). The van der Waals surface area contributed by atoms with Crippen LogP contribution in [0.5, 0.6) is 0 Å². The third kappa shape index (κ3) is 4.19. The van der Waals surface area contributed by atoms with Gasteiger partial charge in [-0.2, -0.15) is 0 Å². The van der Waals surface area contributed by atoms with Gasteiger partial charge in [-0.1, -0.05) is 25.1 Å². The molecule has 0 amide bonds. The van der Waals surface area contributed by atoms with Gasteiger partial charge < -0.3 is 0 Å². The van der Waals surface area contributed by atoms with Crippen molar-refractivity contribution in [2.45, 2.75) is 26.2 Å². The largest absolute Gasteiger partial charge is 0.287 e. The van der Waals surface area contributed by atoms with E-state index >= 15 is 0 Å². The molecule has 0 atom stereocenters. The van der Waals surface area contributed by atoms with Crippen LogP contribution >= 0.6 is 11.8 Å². The first-order valence-corrected chi connectivity index (χ1v) is 3.74. The average Bonchev–Trinajstić information content (AvgIpc) is 1.83. The number of unbranched alkanes of at least 4 members (excludes halogenated alkanes) is 1. The van der Waals surface area contributed by atoms with E-state index in [0.29, 0.717) is 6.42 Å². The summed E-state index contributed by atoms with van der Waals surface area (Å²) in [5.74, 6) is 0. The van der Waals surface area contributed by atoms with Crippen LogP contribution in [0.2, 0.25) is 0 Å². The second kappa shape index (κ2) is 5.16. The molecule has 0 aromatic rings. The summed E-state index contributed by atoms with van der Waals surface area (Å²) in [6.07, 6.45) is 6.18. The van der Waals surface area contributed by atoms with E-state index in [4.69, 9.17) is 0 Å². The van der Waals surface area contributed by atoms with E-state index in [2.05, 4.69) is 13.2 Å². The molecule has 0 heterocycles. The summed E-state index contributed by atoms with van der Waals surface area (Å²) in [4.78, 5) is 10.5. The Morgan fingerprint density at radius 2 is 2.38 bits per heavy atom. The van der Waals surface area contributed by atoms with E-state index in [1.807, 2.05) is 0 Å². The summed E-state index contributed by atoms with van der Waals surface area (Å²) in [6, 6.07) is 0. The number of hydrogen-bond donors (Lipinski definition) is 0. The van der Waals surface area contributed by atoms with Gasteiger partial charge in [0.25, 0.3) is 0 Å². The van der Waals surface area contributed by atoms with Gasteiger partial charge in [0.1, 0.15) is 0 Å². The van der Waals surface area contributed by atoms with Gasteiger partial charge in [-0.05, 0) is 6.42 Å². The molecule has 0 aromatic heterocycles. The third-order valence-electron chi connectivity index (χ3n) is 0.895. The van der Waals surface area contributed by atoms with Crippen molar-refractivity contribution >= 4 is 16.9 Å². The maximum Gasteiger partial charge on any atom is 0.188 e. The van der Waals surface area contributed by atoms with Crippen molar-refractivity contribution < 1.29 is 4.79 Å². The number of rotatable bonds is 3. The molecule has 8 heavy (non-hydrogen) atoms. The molecule has 0 aromatic carbocycles. The molecule has 0 bridgehead atoms. The van der Waals surface area contributed by atoms with Crippen LogP contribution in [-0.4, -0.2) is 5.12 Å². The van der Waals surface area contributed by atoms with Gasteiger partial charge in [-0.25, -0.2) is 0 Å². The fourth-order valence-corrected chi connectivity index (χ4v) is 0.682. The number of hydrogen-bond acceptors (Lipinski definition) is 2. The first-order chi connectivity index (χ1) is 3.81. The van der Waals surface area contributed by atoms with Gasteiger partial charge in [-0.15, -0.1) is 0 Å². The zero-order valence-electron chi connectivity index (χ0n) is 5.14. The molecule has 1 radical (unpaired) electrons. The molecule has 1 nitrogen and oxygen atoms in total. The summed E-state index contributed by atoms with van der Waals surface area (Å²) in [5, 5.41) is 0.201. The zero-order chi connectivity index (χ0) is 6.41. The summed E-state index contributed by atoms with van der Waals surface area (Å²) in [5.41, 5.74) is 0. The van der Waals surface area contributed by atoms with Crippen molar-refractivity contribution in [3.8, 4) is 0 Å². The van der Waals surface area contributed by atoms with Crippen LogP contribution in [0.25, 0.3) is 0 Å². The lowest BCUT2D eigenvalue weighted by Gasteiger charge is -1.90. The van der Waals surface area contributed by atoms with Crippen LogP contribution in [0.4, 0.5) is 0 Å². The summed E-state index contributed by atoms with van der Waals surface area (Å²) in [6.45, 7) is 2.07. The second-order valence-electron chi connectivity index (χ2n) is 1.62. The third-order valence-corrected chi connectivity index (χ3v) is 1.42. The highest BCUT2D eigenvalue weighted by molar-refractivity contribution is 8.14. The molecule has 0 spiro atoms. The Bertz CT molecular complexity index is 70.9. The molecule has 0 N–H and O–H groups in total. The fourth-order valence-electron chi connectivity index (χ4n) is 0.393. The maximum atomic E-state index is 10.5. The molecule has 0 fully saturated rings. The molecular weight excluding hydrogens is 120 g/mol. The van der Waals surface area contributed by atoms with Crippen molar-refractivity contribution in [1.82, 2.24) is 0 Å². The van der Waals surface area contributed by atoms with E-state index in [-0.39, 0.29) is 5.12 Å². The topological polar surface area (TPSA) is 17.1 Å². The molecule has 2 heteroatoms. The number of thioether (sulfide) groups is 1. The van der Waals surface area contributed by atoms with Crippen molar-refractivity contribution in [3.05, 3.63) is 6.26 Å². The van der Waals surface area contributed by atoms with Crippen LogP contribution < -0.4 is 0 Å². The Morgan fingerprint density at radius 1 is 1.75 bits per heavy atom. The summed E-state index contributed by atoms with van der Waals surface area (Å²) >= 11 is 1.08. The van der Waals surface area contributed by atoms with Crippen LogP contribution in [-0.2, 0) is 4.79 Å². The second-order valence-corrected chi connectivity index (χ2v) is 2.36. The highest BCUT2D eigenvalue weighted by Crippen LogP contribution is 2.05. The molecular formula is C6H11OS. The van der Waals surface area contributed by atoms with Crippen molar-refractivity contribution in [2.24, 2.45) is 0 Å². The highest BCUT2D eigenvalue weighted by Gasteiger charge is 1.94. The predicted octanol–water partition coefficient (Wildman–Crippen LogP) is 2.23. The van der Waals surface area contributed by atoms with Crippen molar-refractivity contribution in [3.63, 3.8) is 0 Å². The van der Waals surface area contributed by atoms with Gasteiger partial charge >= 0.3 is 0 Å². The Morgan fingerprint density at radius 3 is 2.75 bits per heavy atom. The Balaban J connectivity index is 2.99. The van der Waals surface area contributed by atoms with E-state index in [1.54, 1.807) is 0 Å². The lowest BCUT2D eigenvalue weighted by Crippen LogP contribution is -1.86. The fraction of sp³-hybridized carbons (Fsp3) is 0.667. The molecule has 0 aliphatic heterocycles. The normalized spacial score (nSPS) is 9.25. The molecule has 0 aliphatic rings. The molecule has 0 saturated carbocycles. The summed E-state index contributed by atoms with van der Waals surface area (Å²) in [7, 11) is 0. The standard InChI is InChI=1S/C6H11OS/c1-3-4-5-6(7)8-2/h2-5H2,1H3. The van der Waals surface area contributed by atoms with Gasteiger partial charge in [0.15, 0.2) is 5.12 Å². The van der Waals surface area contributed by atoms with Gasteiger partial charge in [0.2, 0.25) is 0 Å².